The van der Waals surface area contributed by atoms with Gasteiger partial charge in [-0.25, -0.2) is 0 Å². The van der Waals surface area contributed by atoms with Gasteiger partial charge in [-0.15, -0.1) is 0 Å². The Hall–Kier alpha value is -2.20. The van der Waals surface area contributed by atoms with Crippen molar-refractivity contribution in [3.05, 3.63) is 101 Å². The van der Waals surface area contributed by atoms with Crippen molar-refractivity contribution in [1.82, 2.24) is 0 Å². The van der Waals surface area contributed by atoms with E-state index in [2.05, 4.69) is 53.6 Å². The van der Waals surface area contributed by atoms with E-state index in [4.69, 9.17) is 0 Å². The first-order valence-corrected chi connectivity index (χ1v) is 7.92. The molecule has 0 saturated carbocycles. The molecule has 3 aromatic carbocycles. The number of hydrogen-bond acceptors (Lipinski definition) is 0. The number of aryl methyl sites for hydroxylation is 2. The number of benzene rings is 3. The summed E-state index contributed by atoms with van der Waals surface area (Å²) in [6, 6.07) is 20.5. The van der Waals surface area contributed by atoms with E-state index < -0.39 is 33.6 Å². The van der Waals surface area contributed by atoms with Crippen LogP contribution in [-0.2, 0) is 15.5 Å². The second-order valence-corrected chi connectivity index (χ2v) is 5.66. The molecule has 0 bridgehead atoms. The molecule has 0 heterocycles. The Kier molecular flexibility index (Phi) is 9.01. The molecule has 0 nitrogen and oxygen atoms in total. The van der Waals surface area contributed by atoms with Crippen molar-refractivity contribution in [1.29, 1.82) is 0 Å². The van der Waals surface area contributed by atoms with Gasteiger partial charge in [0.2, 0.25) is 0 Å². The summed E-state index contributed by atoms with van der Waals surface area (Å²) >= 11 is 3.62. The van der Waals surface area contributed by atoms with Crippen LogP contribution < -0.4 is 4.53 Å². The van der Waals surface area contributed by atoms with E-state index in [1.165, 1.54) is 11.1 Å². The van der Waals surface area contributed by atoms with E-state index in [9.17, 15) is 22.0 Å². The first kappa shape index (κ1) is 21.8. The van der Waals surface area contributed by atoms with Crippen LogP contribution in [0.3, 0.4) is 0 Å². The van der Waals surface area contributed by atoms with Crippen LogP contribution in [0, 0.1) is 42.9 Å². The zero-order chi connectivity index (χ0) is 19.7. The Labute approximate surface area is 157 Å². The third kappa shape index (κ3) is 6.60. The van der Waals surface area contributed by atoms with E-state index in [0.29, 0.717) is 0 Å². The van der Waals surface area contributed by atoms with Crippen LogP contribution in [0.25, 0.3) is 0 Å². The van der Waals surface area contributed by atoms with Gasteiger partial charge >= 0.3 is 71.0 Å². The Morgan fingerprint density at radius 3 is 1.00 bits per heavy atom. The van der Waals surface area contributed by atoms with Crippen LogP contribution in [0.1, 0.15) is 11.1 Å². The average Bonchev–Trinajstić information content (AvgIpc) is 2.65. The van der Waals surface area contributed by atoms with Gasteiger partial charge in [0.05, 0.1) is 0 Å². The van der Waals surface area contributed by atoms with E-state index in [1.807, 2.05) is 36.4 Å². The quantitative estimate of drug-likeness (QED) is 0.198. The SMILES string of the molecule is Cc1ccccc1.Cc1ccccc1.Fc1c(F)c(F)[c]([Ni])c(F)c1F. The summed E-state index contributed by atoms with van der Waals surface area (Å²) in [6.45, 7) is 4.17. The molecule has 6 heteroatoms. The van der Waals surface area contributed by atoms with E-state index in [-0.39, 0.29) is 0 Å². The molecular weight excluding hydrogens is 394 g/mol. The molecule has 0 aromatic heterocycles. The molecule has 0 aliphatic heterocycles. The van der Waals surface area contributed by atoms with Crippen LogP contribution in [-0.4, -0.2) is 0 Å². The third-order valence-electron chi connectivity index (χ3n) is 3.01. The van der Waals surface area contributed by atoms with Crippen LogP contribution in [0.15, 0.2) is 60.7 Å². The first-order valence-electron chi connectivity index (χ1n) is 7.42. The van der Waals surface area contributed by atoms with Gasteiger partial charge in [-0.3, -0.25) is 0 Å². The van der Waals surface area contributed by atoms with Crippen molar-refractivity contribution < 1.29 is 37.4 Å². The average molecular weight is 410 g/mol. The third-order valence-corrected chi connectivity index (χ3v) is 3.44. The van der Waals surface area contributed by atoms with Gasteiger partial charge in [-0.1, -0.05) is 71.8 Å². The van der Waals surface area contributed by atoms with Gasteiger partial charge < -0.3 is 0 Å². The molecule has 0 fully saturated rings. The van der Waals surface area contributed by atoms with Gasteiger partial charge in [0.25, 0.3) is 0 Å². The fourth-order valence-corrected chi connectivity index (χ4v) is 1.85. The summed E-state index contributed by atoms with van der Waals surface area (Å²) in [5, 5.41) is 0. The molecule has 3 aromatic rings. The van der Waals surface area contributed by atoms with Gasteiger partial charge in [-0.2, -0.15) is 0 Å². The van der Waals surface area contributed by atoms with Crippen LogP contribution in [0.5, 0.6) is 0 Å². The second kappa shape index (κ2) is 10.7. The zero-order valence-electron chi connectivity index (χ0n) is 14.0. The Bertz CT molecular complexity index is 678. The predicted octanol–water partition coefficient (Wildman–Crippen LogP) is 5.54. The molecule has 3 rings (SSSR count). The minimum atomic E-state index is -2.19. The zero-order valence-corrected chi connectivity index (χ0v) is 15.0. The molecule has 0 amide bonds. The van der Waals surface area contributed by atoms with Crippen LogP contribution >= 0.6 is 0 Å². The molecule has 0 aliphatic carbocycles. The summed E-state index contributed by atoms with van der Waals surface area (Å²) in [5.41, 5.74) is 2.64. The van der Waals surface area contributed by atoms with Crippen molar-refractivity contribution >= 4 is 4.53 Å². The molecule has 0 radical (unpaired) electrons. The molecule has 0 spiro atoms. The minimum absolute atomic E-state index is 1.24. The number of halogens is 5. The summed E-state index contributed by atoms with van der Waals surface area (Å²) < 4.78 is 60.0. The van der Waals surface area contributed by atoms with Crippen molar-refractivity contribution in [2.75, 3.05) is 0 Å². The molecule has 0 saturated heterocycles. The molecule has 141 valence electrons. The van der Waals surface area contributed by atoms with Crippen molar-refractivity contribution in [3.8, 4) is 0 Å². The number of hydrogen-bond donors (Lipinski definition) is 0. The Morgan fingerprint density at radius 2 is 0.769 bits per heavy atom. The number of rotatable bonds is 0. The molecule has 0 N–H and O–H groups in total. The summed E-state index contributed by atoms with van der Waals surface area (Å²) in [4.78, 5) is 0. The standard InChI is InChI=1S/2C7H8.C6F5.Ni/c2*1-7-5-3-2-4-6-7;7-2-1-3(8)5(10)6(11)4(2)9;/h2*2-6H,1H3;;. The van der Waals surface area contributed by atoms with Crippen molar-refractivity contribution in [2.24, 2.45) is 0 Å². The van der Waals surface area contributed by atoms with Crippen molar-refractivity contribution in [2.45, 2.75) is 13.8 Å². The summed E-state index contributed by atoms with van der Waals surface area (Å²) in [7, 11) is 0. The fourth-order valence-electron chi connectivity index (χ4n) is 1.63. The monoisotopic (exact) mass is 409 g/mol. The van der Waals surface area contributed by atoms with Crippen LogP contribution in [0.4, 0.5) is 22.0 Å². The predicted molar refractivity (Wildman–Crippen MR) is 88.2 cm³/mol. The van der Waals surface area contributed by atoms with Crippen molar-refractivity contribution in [3.63, 3.8) is 0 Å². The second-order valence-electron chi connectivity index (χ2n) is 5.16. The molecule has 0 unspecified atom stereocenters. The topological polar surface area (TPSA) is 0 Å². The maximum absolute atomic E-state index is 12.3. The Morgan fingerprint density at radius 1 is 0.500 bits per heavy atom. The van der Waals surface area contributed by atoms with E-state index in [0.717, 1.165) is 0 Å². The maximum atomic E-state index is 12.3. The molecular formula is C20H16F5Ni. The molecule has 0 atom stereocenters. The van der Waals surface area contributed by atoms with Gasteiger partial charge in [0, 0.05) is 0 Å². The van der Waals surface area contributed by atoms with Gasteiger partial charge in [0.1, 0.15) is 0 Å². The van der Waals surface area contributed by atoms with E-state index in [1.54, 1.807) is 0 Å². The van der Waals surface area contributed by atoms with E-state index >= 15 is 0 Å². The normalized spacial score (nSPS) is 9.58. The fraction of sp³-hybridized carbons (Fsp3) is 0.100. The van der Waals surface area contributed by atoms with Gasteiger partial charge in [-0.05, 0) is 13.8 Å². The molecule has 0 aliphatic rings. The molecule has 26 heavy (non-hydrogen) atoms. The van der Waals surface area contributed by atoms with Crippen LogP contribution in [0.2, 0.25) is 0 Å². The summed E-state index contributed by atoms with van der Waals surface area (Å²) in [5.74, 6) is -10.1. The Balaban J connectivity index is 0.000000207. The summed E-state index contributed by atoms with van der Waals surface area (Å²) in [6.07, 6.45) is 0. The van der Waals surface area contributed by atoms with Gasteiger partial charge in [0.15, 0.2) is 0 Å². The first-order chi connectivity index (χ1) is 12.3.